The number of nitrogens with two attached hydrogens (primary N) is 1. The molecule has 0 aliphatic heterocycles. The highest BCUT2D eigenvalue weighted by molar-refractivity contribution is 7.89. The Bertz CT molecular complexity index is 500. The SMILES string of the molecule is CCC(C)CN(C)S(=O)(=O)c1ccc(OCCN)cc1. The van der Waals surface area contributed by atoms with Crippen molar-refractivity contribution in [2.75, 3.05) is 26.7 Å². The first-order valence-corrected chi connectivity index (χ1v) is 8.25. The van der Waals surface area contributed by atoms with Crippen LogP contribution < -0.4 is 10.5 Å². The summed E-state index contributed by atoms with van der Waals surface area (Å²) in [5.74, 6) is 0.959. The minimum Gasteiger partial charge on any atom is -0.492 e. The largest absolute Gasteiger partial charge is 0.492 e. The van der Waals surface area contributed by atoms with Crippen LogP contribution in [-0.4, -0.2) is 39.5 Å². The molecule has 0 saturated heterocycles. The summed E-state index contributed by atoms with van der Waals surface area (Å²) in [5, 5.41) is 0. The molecule has 0 amide bonds. The van der Waals surface area contributed by atoms with Gasteiger partial charge in [0.05, 0.1) is 4.90 Å². The van der Waals surface area contributed by atoms with Crippen molar-refractivity contribution >= 4 is 10.0 Å². The molecule has 1 aromatic rings. The monoisotopic (exact) mass is 300 g/mol. The highest BCUT2D eigenvalue weighted by atomic mass is 32.2. The second-order valence-corrected chi connectivity index (χ2v) is 6.95. The van der Waals surface area contributed by atoms with E-state index in [9.17, 15) is 8.42 Å². The maximum absolute atomic E-state index is 12.4. The number of hydrogen-bond donors (Lipinski definition) is 1. The zero-order valence-electron chi connectivity index (χ0n) is 12.4. The van der Waals surface area contributed by atoms with Crippen LogP contribution >= 0.6 is 0 Å². The van der Waals surface area contributed by atoms with E-state index < -0.39 is 10.0 Å². The molecule has 0 saturated carbocycles. The summed E-state index contributed by atoms with van der Waals surface area (Å²) in [6.45, 7) is 5.45. The quantitative estimate of drug-likeness (QED) is 0.793. The van der Waals surface area contributed by atoms with Crippen LogP contribution in [0.15, 0.2) is 29.2 Å². The molecule has 114 valence electrons. The van der Waals surface area contributed by atoms with Crippen molar-refractivity contribution < 1.29 is 13.2 Å². The maximum Gasteiger partial charge on any atom is 0.242 e. The molecule has 1 unspecified atom stereocenters. The van der Waals surface area contributed by atoms with Crippen LogP contribution in [0.5, 0.6) is 5.75 Å². The second kappa shape index (κ2) is 7.61. The molecule has 0 aliphatic carbocycles. The molecule has 20 heavy (non-hydrogen) atoms. The van der Waals surface area contributed by atoms with Crippen molar-refractivity contribution in [3.63, 3.8) is 0 Å². The molecule has 6 heteroatoms. The summed E-state index contributed by atoms with van der Waals surface area (Å²) < 4.78 is 31.5. The summed E-state index contributed by atoms with van der Waals surface area (Å²) in [7, 11) is -1.82. The minimum atomic E-state index is -3.43. The van der Waals surface area contributed by atoms with Gasteiger partial charge in [0.1, 0.15) is 12.4 Å². The third kappa shape index (κ3) is 4.47. The van der Waals surface area contributed by atoms with Crippen LogP contribution in [0.2, 0.25) is 0 Å². The van der Waals surface area contributed by atoms with Crippen LogP contribution in [0.4, 0.5) is 0 Å². The third-order valence-corrected chi connectivity index (χ3v) is 5.02. The molecule has 0 fully saturated rings. The lowest BCUT2D eigenvalue weighted by Gasteiger charge is -2.20. The Balaban J connectivity index is 2.81. The summed E-state index contributed by atoms with van der Waals surface area (Å²) in [4.78, 5) is 0.281. The Morgan fingerprint density at radius 3 is 2.40 bits per heavy atom. The summed E-state index contributed by atoms with van der Waals surface area (Å²) in [6.07, 6.45) is 0.950. The fraction of sp³-hybridized carbons (Fsp3) is 0.571. The Morgan fingerprint density at radius 1 is 1.30 bits per heavy atom. The van der Waals surface area contributed by atoms with Gasteiger partial charge in [-0.3, -0.25) is 0 Å². The molecule has 0 aliphatic rings. The van der Waals surface area contributed by atoms with Crippen molar-refractivity contribution in [2.24, 2.45) is 11.7 Å². The van der Waals surface area contributed by atoms with E-state index in [2.05, 4.69) is 6.92 Å². The predicted octanol–water partition coefficient (Wildman–Crippen LogP) is 1.69. The van der Waals surface area contributed by atoms with E-state index in [1.54, 1.807) is 31.3 Å². The van der Waals surface area contributed by atoms with E-state index in [1.165, 1.54) is 4.31 Å². The van der Waals surface area contributed by atoms with E-state index in [1.807, 2.05) is 6.92 Å². The first kappa shape index (κ1) is 16.9. The number of nitrogens with zero attached hydrogens (tertiary/aromatic N) is 1. The molecule has 1 rings (SSSR count). The van der Waals surface area contributed by atoms with Crippen LogP contribution in [0.1, 0.15) is 20.3 Å². The van der Waals surface area contributed by atoms with Gasteiger partial charge in [-0.2, -0.15) is 0 Å². The molecule has 0 bridgehead atoms. The fourth-order valence-corrected chi connectivity index (χ4v) is 3.02. The van der Waals surface area contributed by atoms with Gasteiger partial charge in [-0.15, -0.1) is 0 Å². The standard InChI is InChI=1S/C14H24N2O3S/c1-4-12(2)11-16(3)20(17,18)14-7-5-13(6-8-14)19-10-9-15/h5-8,12H,4,9-11,15H2,1-3H3. The topological polar surface area (TPSA) is 72.6 Å². The van der Waals surface area contributed by atoms with E-state index in [0.29, 0.717) is 31.4 Å². The summed E-state index contributed by atoms with van der Waals surface area (Å²) in [6, 6.07) is 6.43. The molecule has 0 heterocycles. The molecule has 0 spiro atoms. The summed E-state index contributed by atoms with van der Waals surface area (Å²) >= 11 is 0. The van der Waals surface area contributed by atoms with Gasteiger partial charge in [0.25, 0.3) is 0 Å². The lowest BCUT2D eigenvalue weighted by atomic mass is 10.1. The zero-order chi connectivity index (χ0) is 15.2. The van der Waals surface area contributed by atoms with E-state index >= 15 is 0 Å². The molecule has 1 atom stereocenters. The highest BCUT2D eigenvalue weighted by Gasteiger charge is 2.21. The first-order valence-electron chi connectivity index (χ1n) is 6.81. The molecule has 0 aromatic heterocycles. The van der Waals surface area contributed by atoms with Crippen molar-refractivity contribution in [2.45, 2.75) is 25.2 Å². The normalized spacial score (nSPS) is 13.4. The molecular formula is C14H24N2O3S. The van der Waals surface area contributed by atoms with E-state index in [-0.39, 0.29) is 4.90 Å². The third-order valence-electron chi connectivity index (χ3n) is 3.18. The molecule has 1 aromatic carbocycles. The lowest BCUT2D eigenvalue weighted by Crippen LogP contribution is -2.31. The average molecular weight is 300 g/mol. The Kier molecular flexibility index (Phi) is 6.45. The van der Waals surface area contributed by atoms with Gasteiger partial charge in [-0.05, 0) is 30.2 Å². The Hall–Kier alpha value is -1.11. The van der Waals surface area contributed by atoms with Gasteiger partial charge in [0, 0.05) is 20.1 Å². The van der Waals surface area contributed by atoms with Gasteiger partial charge in [0.2, 0.25) is 10.0 Å². The van der Waals surface area contributed by atoms with Gasteiger partial charge in [-0.25, -0.2) is 12.7 Å². The minimum absolute atomic E-state index is 0.281. The summed E-state index contributed by atoms with van der Waals surface area (Å²) in [5.41, 5.74) is 5.35. The number of ether oxygens (including phenoxy) is 1. The fourth-order valence-electron chi connectivity index (χ4n) is 1.73. The number of hydrogen-bond acceptors (Lipinski definition) is 4. The maximum atomic E-state index is 12.4. The van der Waals surface area contributed by atoms with E-state index in [4.69, 9.17) is 10.5 Å². The van der Waals surface area contributed by atoms with E-state index in [0.717, 1.165) is 6.42 Å². The number of sulfonamides is 1. The van der Waals surface area contributed by atoms with Gasteiger partial charge in [0.15, 0.2) is 0 Å². The first-order chi connectivity index (χ1) is 9.41. The van der Waals surface area contributed by atoms with Crippen molar-refractivity contribution in [3.8, 4) is 5.75 Å². The highest BCUT2D eigenvalue weighted by Crippen LogP contribution is 2.19. The Morgan fingerprint density at radius 2 is 1.90 bits per heavy atom. The lowest BCUT2D eigenvalue weighted by molar-refractivity contribution is 0.328. The van der Waals surface area contributed by atoms with Gasteiger partial charge < -0.3 is 10.5 Å². The van der Waals surface area contributed by atoms with Gasteiger partial charge in [-0.1, -0.05) is 20.3 Å². The zero-order valence-corrected chi connectivity index (χ0v) is 13.2. The second-order valence-electron chi connectivity index (χ2n) is 4.91. The van der Waals surface area contributed by atoms with Crippen LogP contribution in [0.25, 0.3) is 0 Å². The molecular weight excluding hydrogens is 276 g/mol. The van der Waals surface area contributed by atoms with Crippen molar-refractivity contribution in [1.29, 1.82) is 0 Å². The predicted molar refractivity (Wildman–Crippen MR) is 80.3 cm³/mol. The molecule has 0 radical (unpaired) electrons. The Labute approximate surface area is 121 Å². The molecule has 2 N–H and O–H groups in total. The smallest absolute Gasteiger partial charge is 0.242 e. The molecule has 5 nitrogen and oxygen atoms in total. The number of benzene rings is 1. The number of rotatable bonds is 8. The average Bonchev–Trinajstić information content (AvgIpc) is 2.45. The van der Waals surface area contributed by atoms with Crippen LogP contribution in [0.3, 0.4) is 0 Å². The van der Waals surface area contributed by atoms with Crippen molar-refractivity contribution in [3.05, 3.63) is 24.3 Å². The van der Waals surface area contributed by atoms with Crippen LogP contribution in [0, 0.1) is 5.92 Å². The van der Waals surface area contributed by atoms with Gasteiger partial charge >= 0.3 is 0 Å². The van der Waals surface area contributed by atoms with Crippen LogP contribution in [-0.2, 0) is 10.0 Å². The van der Waals surface area contributed by atoms with Crippen molar-refractivity contribution in [1.82, 2.24) is 4.31 Å².